The summed E-state index contributed by atoms with van der Waals surface area (Å²) in [5, 5.41) is 31.7. The highest BCUT2D eigenvalue weighted by molar-refractivity contribution is 7.98. The lowest BCUT2D eigenvalue weighted by atomic mass is 10.00. The van der Waals surface area contributed by atoms with Gasteiger partial charge < -0.3 is 15.3 Å². The number of hydrogen-bond acceptors (Lipinski definition) is 6. The van der Waals surface area contributed by atoms with Gasteiger partial charge in [0.1, 0.15) is 23.0 Å². The van der Waals surface area contributed by atoms with Gasteiger partial charge in [-0.2, -0.15) is 10.5 Å². The lowest BCUT2D eigenvalue weighted by Gasteiger charge is -2.33. The first-order valence-corrected chi connectivity index (χ1v) is 10.8. The topological polar surface area (TPSA) is 113 Å². The molecule has 1 saturated heterocycles. The lowest BCUT2D eigenvalue weighted by molar-refractivity contribution is 0.187. The Labute approximate surface area is 180 Å². The molecule has 0 spiro atoms. The molecule has 0 saturated carbocycles. The summed E-state index contributed by atoms with van der Waals surface area (Å²) >= 11 is 1.50. The van der Waals surface area contributed by atoms with E-state index in [0.29, 0.717) is 60.1 Å². The summed E-state index contributed by atoms with van der Waals surface area (Å²) in [6, 6.07) is 14.4. The van der Waals surface area contributed by atoms with Gasteiger partial charge in [0.25, 0.3) is 0 Å². The third-order valence-corrected chi connectivity index (χ3v) is 6.21. The molecular formula is C22H23N5O2S. The van der Waals surface area contributed by atoms with Crippen LogP contribution in [0, 0.1) is 22.7 Å². The molecule has 3 rings (SSSR count). The van der Waals surface area contributed by atoms with E-state index in [4.69, 9.17) is 10.1 Å². The van der Waals surface area contributed by atoms with Gasteiger partial charge in [-0.05, 0) is 30.4 Å². The van der Waals surface area contributed by atoms with Crippen molar-refractivity contribution in [2.45, 2.75) is 43.0 Å². The Morgan fingerprint density at radius 2 is 1.90 bits per heavy atom. The molecule has 30 heavy (non-hydrogen) atoms. The average molecular weight is 422 g/mol. The highest BCUT2D eigenvalue weighted by Gasteiger charge is 2.27. The molecule has 2 heterocycles. The maximum atomic E-state index is 10.9. The molecule has 154 valence electrons. The van der Waals surface area contributed by atoms with Crippen molar-refractivity contribution < 1.29 is 9.90 Å². The number of nitrogens with one attached hydrogen (secondary N) is 1. The molecule has 8 heteroatoms. The third-order valence-electron chi connectivity index (χ3n) is 5.17. The van der Waals surface area contributed by atoms with E-state index in [1.807, 2.05) is 42.2 Å². The van der Waals surface area contributed by atoms with Crippen LogP contribution in [0.2, 0.25) is 0 Å². The fourth-order valence-corrected chi connectivity index (χ4v) is 4.61. The van der Waals surface area contributed by atoms with Crippen molar-refractivity contribution in [2.24, 2.45) is 0 Å². The quantitative estimate of drug-likeness (QED) is 0.680. The standard InChI is InChI=1S/C22H23N5O2S/c1-2-17-18(12-23)20(27-10-8-16(9-11-27)25-22(28)29)26-21(19(17)13-24)30-14-15-6-4-3-5-7-15/h3-7,16,25H,2,8-11,14H2,1H3,(H,28,29). The molecule has 2 N–H and O–H groups in total. The van der Waals surface area contributed by atoms with Gasteiger partial charge in [-0.3, -0.25) is 0 Å². The van der Waals surface area contributed by atoms with Crippen molar-refractivity contribution in [3.63, 3.8) is 0 Å². The Morgan fingerprint density at radius 1 is 1.23 bits per heavy atom. The number of benzene rings is 1. The van der Waals surface area contributed by atoms with Gasteiger partial charge in [-0.1, -0.05) is 37.3 Å². The van der Waals surface area contributed by atoms with E-state index >= 15 is 0 Å². The molecule has 2 aromatic rings. The van der Waals surface area contributed by atoms with Gasteiger partial charge in [0.15, 0.2) is 0 Å². The van der Waals surface area contributed by atoms with E-state index in [1.54, 1.807) is 0 Å². The minimum absolute atomic E-state index is 0.0970. The predicted octanol–water partition coefficient (Wildman–Crippen LogP) is 3.92. The van der Waals surface area contributed by atoms with Crippen LogP contribution in [0.5, 0.6) is 0 Å². The van der Waals surface area contributed by atoms with E-state index in [2.05, 4.69) is 17.5 Å². The predicted molar refractivity (Wildman–Crippen MR) is 115 cm³/mol. The Balaban J connectivity index is 1.91. The first kappa shape index (κ1) is 21.5. The zero-order valence-corrected chi connectivity index (χ0v) is 17.6. The van der Waals surface area contributed by atoms with Crippen LogP contribution in [0.25, 0.3) is 0 Å². The molecule has 7 nitrogen and oxygen atoms in total. The van der Waals surface area contributed by atoms with Crippen LogP contribution in [0.4, 0.5) is 10.6 Å². The van der Waals surface area contributed by atoms with E-state index in [1.165, 1.54) is 11.8 Å². The Bertz CT molecular complexity index is 989. The summed E-state index contributed by atoms with van der Waals surface area (Å²) in [5.41, 5.74) is 2.79. The Morgan fingerprint density at radius 3 is 2.47 bits per heavy atom. The largest absolute Gasteiger partial charge is 0.465 e. The van der Waals surface area contributed by atoms with Crippen LogP contribution in [-0.4, -0.2) is 35.3 Å². The van der Waals surface area contributed by atoms with Crippen LogP contribution in [0.1, 0.15) is 42.0 Å². The van der Waals surface area contributed by atoms with Crippen LogP contribution in [0.15, 0.2) is 35.4 Å². The van der Waals surface area contributed by atoms with E-state index in [-0.39, 0.29) is 6.04 Å². The Hall–Kier alpha value is -3.23. The zero-order valence-electron chi connectivity index (χ0n) is 16.8. The molecule has 0 radical (unpaired) electrons. The maximum absolute atomic E-state index is 10.9. The summed E-state index contributed by atoms with van der Waals surface area (Å²) in [6.45, 7) is 3.14. The SMILES string of the molecule is CCc1c(C#N)c(SCc2ccccc2)nc(N2CCC(NC(=O)O)CC2)c1C#N. The molecule has 1 amide bonds. The summed E-state index contributed by atoms with van der Waals surface area (Å²) in [7, 11) is 0. The maximum Gasteiger partial charge on any atom is 0.404 e. The van der Waals surface area contributed by atoms with Crippen LogP contribution < -0.4 is 10.2 Å². The first-order chi connectivity index (χ1) is 14.6. The highest BCUT2D eigenvalue weighted by atomic mass is 32.2. The molecular weight excluding hydrogens is 398 g/mol. The van der Waals surface area contributed by atoms with Crippen LogP contribution in [-0.2, 0) is 12.2 Å². The fourth-order valence-electron chi connectivity index (χ4n) is 3.65. The fraction of sp³-hybridized carbons (Fsp3) is 0.364. The number of thioether (sulfide) groups is 1. The van der Waals surface area contributed by atoms with Gasteiger partial charge in [0.2, 0.25) is 0 Å². The van der Waals surface area contributed by atoms with Gasteiger partial charge in [0, 0.05) is 24.9 Å². The number of piperidine rings is 1. The van der Waals surface area contributed by atoms with E-state index < -0.39 is 6.09 Å². The molecule has 1 aliphatic heterocycles. The van der Waals surface area contributed by atoms with Crippen molar-refractivity contribution in [1.82, 2.24) is 10.3 Å². The smallest absolute Gasteiger partial charge is 0.404 e. The van der Waals surface area contributed by atoms with E-state index in [0.717, 1.165) is 11.1 Å². The second kappa shape index (κ2) is 10.00. The summed E-state index contributed by atoms with van der Waals surface area (Å²) in [4.78, 5) is 17.7. The van der Waals surface area contributed by atoms with Crippen LogP contribution in [0.3, 0.4) is 0 Å². The minimum atomic E-state index is -1.02. The van der Waals surface area contributed by atoms with Gasteiger partial charge in [0.05, 0.1) is 11.1 Å². The molecule has 1 aromatic heterocycles. The normalized spacial score (nSPS) is 14.0. The first-order valence-electron chi connectivity index (χ1n) is 9.85. The molecule has 0 aliphatic carbocycles. The second-order valence-corrected chi connectivity index (χ2v) is 8.00. The van der Waals surface area contributed by atoms with Gasteiger partial charge >= 0.3 is 6.09 Å². The average Bonchev–Trinajstić information content (AvgIpc) is 2.77. The number of carboxylic acid groups (broad SMARTS) is 1. The van der Waals surface area contributed by atoms with Crippen molar-refractivity contribution >= 4 is 23.7 Å². The van der Waals surface area contributed by atoms with Crippen molar-refractivity contribution in [1.29, 1.82) is 10.5 Å². The van der Waals surface area contributed by atoms with Gasteiger partial charge in [-0.15, -0.1) is 11.8 Å². The monoisotopic (exact) mass is 421 g/mol. The zero-order chi connectivity index (χ0) is 21.5. The molecule has 0 bridgehead atoms. The number of anilines is 1. The highest BCUT2D eigenvalue weighted by Crippen LogP contribution is 2.34. The molecule has 1 fully saturated rings. The summed E-state index contributed by atoms with van der Waals surface area (Å²) in [5.74, 6) is 1.28. The minimum Gasteiger partial charge on any atom is -0.465 e. The summed E-state index contributed by atoms with van der Waals surface area (Å²) < 4.78 is 0. The van der Waals surface area contributed by atoms with Gasteiger partial charge in [-0.25, -0.2) is 9.78 Å². The Kier molecular flexibility index (Phi) is 7.16. The number of aromatic nitrogens is 1. The van der Waals surface area contributed by atoms with Crippen molar-refractivity contribution in [2.75, 3.05) is 18.0 Å². The summed E-state index contributed by atoms with van der Waals surface area (Å²) in [6.07, 6.45) is 0.840. The van der Waals surface area contributed by atoms with Crippen LogP contribution >= 0.6 is 11.8 Å². The number of amides is 1. The van der Waals surface area contributed by atoms with Crippen molar-refractivity contribution in [3.05, 3.63) is 52.6 Å². The lowest BCUT2D eigenvalue weighted by Crippen LogP contribution is -2.44. The number of nitrogens with zero attached hydrogens (tertiary/aromatic N) is 4. The molecule has 1 aliphatic rings. The number of hydrogen-bond donors (Lipinski definition) is 2. The van der Waals surface area contributed by atoms with E-state index in [9.17, 15) is 15.3 Å². The number of carbonyl (C=O) groups is 1. The molecule has 0 atom stereocenters. The molecule has 1 aromatic carbocycles. The third kappa shape index (κ3) is 4.84. The molecule has 0 unspecified atom stereocenters. The van der Waals surface area contributed by atoms with Crippen molar-refractivity contribution in [3.8, 4) is 12.1 Å². The number of rotatable bonds is 6. The number of nitriles is 2. The second-order valence-electron chi connectivity index (χ2n) is 7.03. The number of pyridine rings is 1.